The van der Waals surface area contributed by atoms with Crippen molar-refractivity contribution in [1.29, 1.82) is 0 Å². The van der Waals surface area contributed by atoms with Gasteiger partial charge in [0.1, 0.15) is 0 Å². The van der Waals surface area contributed by atoms with Crippen molar-refractivity contribution in [3.05, 3.63) is 35.4 Å². The lowest BCUT2D eigenvalue weighted by Gasteiger charge is -2.28. The van der Waals surface area contributed by atoms with Crippen LogP contribution in [0.1, 0.15) is 44.7 Å². The molecule has 0 saturated heterocycles. The average Bonchev–Trinajstić information content (AvgIpc) is 3.35. The smallest absolute Gasteiger partial charge is 0.317 e. The number of carbonyl (C=O) groups is 1. The van der Waals surface area contributed by atoms with E-state index in [2.05, 4.69) is 50.4 Å². The van der Waals surface area contributed by atoms with Gasteiger partial charge in [-0.15, -0.1) is 0 Å². The predicted octanol–water partition coefficient (Wildman–Crippen LogP) is 2.69. The molecule has 4 nitrogen and oxygen atoms in total. The number of benzene rings is 1. The lowest BCUT2D eigenvalue weighted by molar-refractivity contribution is 0.172. The van der Waals surface area contributed by atoms with Crippen LogP contribution in [0.15, 0.2) is 24.3 Å². The first-order valence-corrected chi connectivity index (χ1v) is 8.22. The van der Waals surface area contributed by atoms with Crippen LogP contribution in [0.2, 0.25) is 0 Å². The topological polar surface area (TPSA) is 52.6 Å². The number of rotatable bonds is 7. The second kappa shape index (κ2) is 7.14. The molecule has 2 rings (SSSR count). The summed E-state index contributed by atoms with van der Waals surface area (Å²) in [6.07, 6.45) is 3.14. The maximum atomic E-state index is 12.3. The minimum Gasteiger partial charge on any atom is -0.395 e. The molecule has 1 aliphatic rings. The first-order chi connectivity index (χ1) is 10.5. The number of urea groups is 1. The number of aliphatic hydroxyl groups excluding tert-OH is 1. The molecular formula is C18H28N2O2. The Morgan fingerprint density at radius 3 is 2.45 bits per heavy atom. The zero-order valence-corrected chi connectivity index (χ0v) is 13.9. The Hall–Kier alpha value is -1.55. The predicted molar refractivity (Wildman–Crippen MR) is 89.1 cm³/mol. The first kappa shape index (κ1) is 16.8. The largest absolute Gasteiger partial charge is 0.395 e. The molecular weight excluding hydrogens is 276 g/mol. The zero-order chi connectivity index (χ0) is 16.2. The summed E-state index contributed by atoms with van der Waals surface area (Å²) < 4.78 is 0. The van der Waals surface area contributed by atoms with Crippen molar-refractivity contribution in [3.63, 3.8) is 0 Å². The normalized spacial score (nSPS) is 14.7. The molecule has 1 saturated carbocycles. The third kappa shape index (κ3) is 4.23. The van der Waals surface area contributed by atoms with Crippen LogP contribution in [-0.4, -0.2) is 41.8 Å². The van der Waals surface area contributed by atoms with E-state index in [1.165, 1.54) is 11.1 Å². The van der Waals surface area contributed by atoms with Crippen LogP contribution in [0.25, 0.3) is 0 Å². The van der Waals surface area contributed by atoms with Crippen molar-refractivity contribution in [1.82, 2.24) is 10.2 Å². The fourth-order valence-corrected chi connectivity index (χ4v) is 2.64. The monoisotopic (exact) mass is 304 g/mol. The molecule has 0 heterocycles. The zero-order valence-electron chi connectivity index (χ0n) is 13.9. The summed E-state index contributed by atoms with van der Waals surface area (Å²) in [4.78, 5) is 14.1. The van der Waals surface area contributed by atoms with Crippen LogP contribution in [0.5, 0.6) is 0 Å². The molecule has 0 bridgehead atoms. The molecule has 1 aromatic carbocycles. The van der Waals surface area contributed by atoms with Crippen LogP contribution >= 0.6 is 0 Å². The number of hydrogen-bond acceptors (Lipinski definition) is 2. The molecule has 0 radical (unpaired) electrons. The Bertz CT molecular complexity index is 492. The Labute approximate surface area is 133 Å². The Morgan fingerprint density at radius 2 is 1.95 bits per heavy atom. The van der Waals surface area contributed by atoms with Crippen molar-refractivity contribution >= 4 is 6.03 Å². The van der Waals surface area contributed by atoms with Crippen molar-refractivity contribution < 1.29 is 9.90 Å². The van der Waals surface area contributed by atoms with Gasteiger partial charge < -0.3 is 15.3 Å². The second-order valence-electron chi connectivity index (χ2n) is 6.74. The van der Waals surface area contributed by atoms with Crippen LogP contribution < -0.4 is 5.32 Å². The molecule has 0 aromatic heterocycles. The van der Waals surface area contributed by atoms with E-state index < -0.39 is 0 Å². The Morgan fingerprint density at radius 1 is 1.32 bits per heavy atom. The highest BCUT2D eigenvalue weighted by atomic mass is 16.3. The van der Waals surface area contributed by atoms with Gasteiger partial charge in [-0.2, -0.15) is 0 Å². The summed E-state index contributed by atoms with van der Waals surface area (Å²) in [6.45, 7) is 7.46. The number of aryl methyl sites for hydroxylation is 1. The summed E-state index contributed by atoms with van der Waals surface area (Å²) in [6, 6.07) is 8.87. The van der Waals surface area contributed by atoms with Gasteiger partial charge in [-0.1, -0.05) is 45.0 Å². The fourth-order valence-electron chi connectivity index (χ4n) is 2.64. The summed E-state index contributed by atoms with van der Waals surface area (Å²) in [7, 11) is 0. The second-order valence-corrected chi connectivity index (χ2v) is 6.74. The fraction of sp³-hybridized carbons (Fsp3) is 0.611. The summed E-state index contributed by atoms with van der Waals surface area (Å²) in [5.74, 6) is 0. The number of nitrogens with one attached hydrogen (secondary N) is 1. The van der Waals surface area contributed by atoms with Gasteiger partial charge in [0.15, 0.2) is 0 Å². The average molecular weight is 304 g/mol. The van der Waals surface area contributed by atoms with E-state index in [1.807, 2.05) is 0 Å². The number of aliphatic hydroxyl groups is 1. The molecule has 1 aliphatic carbocycles. The number of amides is 2. The summed E-state index contributed by atoms with van der Waals surface area (Å²) in [5, 5.41) is 12.1. The van der Waals surface area contributed by atoms with E-state index in [0.29, 0.717) is 19.1 Å². The first-order valence-electron chi connectivity index (χ1n) is 8.22. The maximum Gasteiger partial charge on any atom is 0.317 e. The Balaban J connectivity index is 1.94. The molecule has 0 spiro atoms. The molecule has 0 unspecified atom stereocenters. The molecule has 1 aromatic rings. The third-order valence-corrected chi connectivity index (χ3v) is 4.41. The van der Waals surface area contributed by atoms with Gasteiger partial charge in [0.05, 0.1) is 6.61 Å². The van der Waals surface area contributed by atoms with Gasteiger partial charge in [0.2, 0.25) is 0 Å². The van der Waals surface area contributed by atoms with Gasteiger partial charge in [-0.25, -0.2) is 4.79 Å². The van der Waals surface area contributed by atoms with Gasteiger partial charge in [-0.3, -0.25) is 0 Å². The lowest BCUT2D eigenvalue weighted by Crippen LogP contribution is -2.46. The minimum atomic E-state index is -0.115. The minimum absolute atomic E-state index is 0.0196. The number of nitrogens with zero attached hydrogens (tertiary/aromatic N) is 1. The van der Waals surface area contributed by atoms with Crippen LogP contribution in [-0.2, 0) is 11.8 Å². The van der Waals surface area contributed by atoms with E-state index in [4.69, 9.17) is 5.11 Å². The van der Waals surface area contributed by atoms with E-state index in [-0.39, 0.29) is 18.1 Å². The van der Waals surface area contributed by atoms with Crippen LogP contribution in [0.4, 0.5) is 4.79 Å². The van der Waals surface area contributed by atoms with E-state index in [0.717, 1.165) is 19.3 Å². The third-order valence-electron chi connectivity index (χ3n) is 4.41. The van der Waals surface area contributed by atoms with Gasteiger partial charge >= 0.3 is 6.03 Å². The van der Waals surface area contributed by atoms with Gasteiger partial charge in [0.25, 0.3) is 0 Å². The Kier molecular flexibility index (Phi) is 5.46. The molecule has 4 heteroatoms. The molecule has 2 amide bonds. The van der Waals surface area contributed by atoms with Crippen molar-refractivity contribution in [2.45, 2.75) is 51.5 Å². The SMILES string of the molecule is CCc1ccc(C(C)(C)CNC(=O)N(CCO)C2CC2)cc1. The highest BCUT2D eigenvalue weighted by Crippen LogP contribution is 2.27. The molecule has 0 atom stereocenters. The number of carbonyl (C=O) groups excluding carboxylic acids is 1. The number of hydrogen-bond donors (Lipinski definition) is 2. The van der Waals surface area contributed by atoms with E-state index >= 15 is 0 Å². The molecule has 122 valence electrons. The van der Waals surface area contributed by atoms with E-state index in [1.54, 1.807) is 4.90 Å². The molecule has 0 aliphatic heterocycles. The molecule has 1 fully saturated rings. The standard InChI is InChI=1S/C18H28N2O2/c1-4-14-5-7-15(8-6-14)18(2,3)13-19-17(22)20(11-12-21)16-9-10-16/h5-8,16,21H,4,9-13H2,1-3H3,(H,19,22). The van der Waals surface area contributed by atoms with Crippen LogP contribution in [0, 0.1) is 0 Å². The van der Waals surface area contributed by atoms with Crippen molar-refractivity contribution in [2.75, 3.05) is 19.7 Å². The van der Waals surface area contributed by atoms with Crippen molar-refractivity contribution in [2.24, 2.45) is 0 Å². The maximum absolute atomic E-state index is 12.3. The van der Waals surface area contributed by atoms with E-state index in [9.17, 15) is 4.79 Å². The highest BCUT2D eigenvalue weighted by molar-refractivity contribution is 5.75. The molecule has 22 heavy (non-hydrogen) atoms. The van der Waals surface area contributed by atoms with Gasteiger partial charge in [-0.05, 0) is 30.4 Å². The quantitative estimate of drug-likeness (QED) is 0.814. The van der Waals surface area contributed by atoms with Gasteiger partial charge in [0, 0.05) is 24.5 Å². The highest BCUT2D eigenvalue weighted by Gasteiger charge is 2.32. The van der Waals surface area contributed by atoms with Crippen LogP contribution in [0.3, 0.4) is 0 Å². The molecule has 2 N–H and O–H groups in total. The summed E-state index contributed by atoms with van der Waals surface area (Å²) >= 11 is 0. The summed E-state index contributed by atoms with van der Waals surface area (Å²) in [5.41, 5.74) is 2.44. The lowest BCUT2D eigenvalue weighted by atomic mass is 9.84. The van der Waals surface area contributed by atoms with Crippen molar-refractivity contribution in [3.8, 4) is 0 Å².